The molecule has 3 rings (SSSR count). The summed E-state index contributed by atoms with van der Waals surface area (Å²) in [5, 5.41) is 6.46. The van der Waals surface area contributed by atoms with Crippen molar-refractivity contribution >= 4 is 17.6 Å². The minimum atomic E-state index is -0.380. The van der Waals surface area contributed by atoms with E-state index in [0.29, 0.717) is 36.9 Å². The number of aromatic nitrogens is 3. The monoisotopic (exact) mass is 345 g/mol. The van der Waals surface area contributed by atoms with Gasteiger partial charge in [0.15, 0.2) is 11.6 Å². The van der Waals surface area contributed by atoms with Crippen molar-refractivity contribution in [2.45, 2.75) is 46.6 Å². The highest BCUT2D eigenvalue weighted by Crippen LogP contribution is 2.23. The third-order valence-electron chi connectivity index (χ3n) is 4.44. The van der Waals surface area contributed by atoms with E-state index in [9.17, 15) is 9.59 Å². The molecule has 0 spiro atoms. The van der Waals surface area contributed by atoms with E-state index in [0.717, 1.165) is 25.0 Å². The number of hydrogen-bond acceptors (Lipinski definition) is 5. The summed E-state index contributed by atoms with van der Waals surface area (Å²) in [5.41, 5.74) is 1.24. The lowest BCUT2D eigenvalue weighted by Crippen LogP contribution is -2.31. The molecule has 134 valence electrons. The maximum absolute atomic E-state index is 12.8. The van der Waals surface area contributed by atoms with Crippen molar-refractivity contribution < 1.29 is 14.1 Å². The van der Waals surface area contributed by atoms with Gasteiger partial charge in [0.25, 0.3) is 11.8 Å². The Balaban J connectivity index is 1.94. The topological polar surface area (TPSA) is 93.3 Å². The van der Waals surface area contributed by atoms with Crippen molar-refractivity contribution in [1.29, 1.82) is 0 Å². The van der Waals surface area contributed by atoms with Crippen LogP contribution in [0.25, 0.3) is 0 Å². The van der Waals surface area contributed by atoms with Gasteiger partial charge >= 0.3 is 0 Å². The average Bonchev–Trinajstić information content (AvgIpc) is 3.19. The molecule has 0 aromatic carbocycles. The van der Waals surface area contributed by atoms with Gasteiger partial charge in [-0.3, -0.25) is 9.59 Å². The Morgan fingerprint density at radius 2 is 2.08 bits per heavy atom. The highest BCUT2D eigenvalue weighted by Gasteiger charge is 2.29. The van der Waals surface area contributed by atoms with Crippen molar-refractivity contribution in [3.8, 4) is 0 Å². The second kappa shape index (κ2) is 7.08. The zero-order valence-electron chi connectivity index (χ0n) is 14.8. The third kappa shape index (κ3) is 3.29. The van der Waals surface area contributed by atoms with Gasteiger partial charge in [0.2, 0.25) is 0 Å². The van der Waals surface area contributed by atoms with Crippen molar-refractivity contribution in [3.05, 3.63) is 29.0 Å². The molecular weight excluding hydrogens is 322 g/mol. The number of carbonyl (C=O) groups is 2. The zero-order valence-corrected chi connectivity index (χ0v) is 14.8. The van der Waals surface area contributed by atoms with E-state index in [2.05, 4.69) is 15.5 Å². The Morgan fingerprint density at radius 1 is 1.32 bits per heavy atom. The second-order valence-electron chi connectivity index (χ2n) is 6.09. The Kier molecular flexibility index (Phi) is 4.87. The van der Waals surface area contributed by atoms with Crippen LogP contribution < -0.4 is 5.32 Å². The SMILES string of the molecule is CCN(CC)C(=O)c1nc(C(=O)Nc2cc(C)on2)n2c1CCCC2. The Morgan fingerprint density at radius 3 is 2.72 bits per heavy atom. The number of aryl methyl sites for hydroxylation is 1. The molecule has 1 aliphatic heterocycles. The van der Waals surface area contributed by atoms with Crippen molar-refractivity contribution in [1.82, 2.24) is 19.6 Å². The fourth-order valence-electron chi connectivity index (χ4n) is 3.15. The maximum Gasteiger partial charge on any atom is 0.292 e. The van der Waals surface area contributed by atoms with E-state index < -0.39 is 0 Å². The maximum atomic E-state index is 12.8. The van der Waals surface area contributed by atoms with Crippen molar-refractivity contribution in [2.24, 2.45) is 0 Å². The molecule has 0 aliphatic carbocycles. The van der Waals surface area contributed by atoms with Crippen LogP contribution in [0.1, 0.15) is 59.3 Å². The summed E-state index contributed by atoms with van der Waals surface area (Å²) in [7, 11) is 0. The first-order chi connectivity index (χ1) is 12.0. The quantitative estimate of drug-likeness (QED) is 0.897. The predicted molar refractivity (Wildman–Crippen MR) is 91.6 cm³/mol. The van der Waals surface area contributed by atoms with Gasteiger partial charge in [-0.25, -0.2) is 4.98 Å². The number of rotatable bonds is 5. The van der Waals surface area contributed by atoms with Crippen LogP contribution >= 0.6 is 0 Å². The highest BCUT2D eigenvalue weighted by atomic mass is 16.5. The fourth-order valence-corrected chi connectivity index (χ4v) is 3.15. The van der Waals surface area contributed by atoms with Gasteiger partial charge < -0.3 is 19.3 Å². The standard InChI is InChI=1S/C17H23N5O3/c1-4-21(5-2)17(24)14-12-8-6-7-9-22(12)15(19-14)16(23)18-13-10-11(3)25-20-13/h10H,4-9H2,1-3H3,(H,18,20,23). The van der Waals surface area contributed by atoms with Gasteiger partial charge in [-0.2, -0.15) is 0 Å². The van der Waals surface area contributed by atoms with Crippen LogP contribution in [0.2, 0.25) is 0 Å². The molecule has 0 atom stereocenters. The molecule has 0 saturated carbocycles. The largest absolute Gasteiger partial charge is 0.360 e. The van der Waals surface area contributed by atoms with Gasteiger partial charge in [0.1, 0.15) is 11.5 Å². The molecule has 25 heavy (non-hydrogen) atoms. The average molecular weight is 345 g/mol. The highest BCUT2D eigenvalue weighted by molar-refractivity contribution is 6.03. The molecule has 2 amide bonds. The first kappa shape index (κ1) is 17.2. The second-order valence-corrected chi connectivity index (χ2v) is 6.09. The number of fused-ring (bicyclic) bond motifs is 1. The van der Waals surface area contributed by atoms with Crippen LogP contribution in [0.3, 0.4) is 0 Å². The summed E-state index contributed by atoms with van der Waals surface area (Å²) in [6.07, 6.45) is 2.71. The van der Waals surface area contributed by atoms with Crippen molar-refractivity contribution in [2.75, 3.05) is 18.4 Å². The van der Waals surface area contributed by atoms with E-state index in [4.69, 9.17) is 4.52 Å². The number of carbonyl (C=O) groups excluding carboxylic acids is 2. The smallest absolute Gasteiger partial charge is 0.292 e. The minimum Gasteiger partial charge on any atom is -0.360 e. The Labute approximate surface area is 146 Å². The predicted octanol–water partition coefficient (Wildman–Crippen LogP) is 2.25. The minimum absolute atomic E-state index is 0.119. The number of amides is 2. The fraction of sp³-hybridized carbons (Fsp3) is 0.529. The molecule has 0 radical (unpaired) electrons. The van der Waals surface area contributed by atoms with E-state index in [1.807, 2.05) is 18.4 Å². The summed E-state index contributed by atoms with van der Waals surface area (Å²) in [6.45, 7) is 7.53. The van der Waals surface area contributed by atoms with Crippen LogP contribution in [0.5, 0.6) is 0 Å². The van der Waals surface area contributed by atoms with Crippen LogP contribution in [0.4, 0.5) is 5.82 Å². The number of hydrogen-bond donors (Lipinski definition) is 1. The van der Waals surface area contributed by atoms with E-state index >= 15 is 0 Å². The molecular formula is C17H23N5O3. The molecule has 2 aromatic heterocycles. The third-order valence-corrected chi connectivity index (χ3v) is 4.44. The van der Waals surface area contributed by atoms with Crippen molar-refractivity contribution in [3.63, 3.8) is 0 Å². The zero-order chi connectivity index (χ0) is 18.0. The molecule has 0 unspecified atom stereocenters. The molecule has 0 bridgehead atoms. The summed E-state index contributed by atoms with van der Waals surface area (Å²) >= 11 is 0. The number of imidazole rings is 1. The van der Waals surface area contributed by atoms with Gasteiger partial charge in [-0.15, -0.1) is 0 Å². The van der Waals surface area contributed by atoms with Crippen LogP contribution in [-0.4, -0.2) is 44.5 Å². The van der Waals surface area contributed by atoms with Crippen LogP contribution in [0.15, 0.2) is 10.6 Å². The molecule has 0 fully saturated rings. The lowest BCUT2D eigenvalue weighted by atomic mass is 10.1. The number of anilines is 1. The molecule has 0 saturated heterocycles. The molecule has 8 heteroatoms. The number of nitrogens with one attached hydrogen (secondary N) is 1. The number of nitrogens with zero attached hydrogens (tertiary/aromatic N) is 4. The first-order valence-corrected chi connectivity index (χ1v) is 8.68. The summed E-state index contributed by atoms with van der Waals surface area (Å²) in [6, 6.07) is 1.64. The first-order valence-electron chi connectivity index (χ1n) is 8.68. The van der Waals surface area contributed by atoms with E-state index in [-0.39, 0.29) is 17.6 Å². The van der Waals surface area contributed by atoms with Gasteiger partial charge in [-0.1, -0.05) is 5.16 Å². The summed E-state index contributed by atoms with van der Waals surface area (Å²) < 4.78 is 6.83. The van der Waals surface area contributed by atoms with Crippen LogP contribution in [0, 0.1) is 6.92 Å². The molecule has 8 nitrogen and oxygen atoms in total. The molecule has 2 aromatic rings. The van der Waals surface area contributed by atoms with Gasteiger partial charge in [0.05, 0.1) is 5.69 Å². The summed E-state index contributed by atoms with van der Waals surface area (Å²) in [4.78, 5) is 31.5. The van der Waals surface area contributed by atoms with E-state index in [1.54, 1.807) is 17.9 Å². The molecule has 3 heterocycles. The Hall–Kier alpha value is -2.64. The van der Waals surface area contributed by atoms with Crippen LogP contribution in [-0.2, 0) is 13.0 Å². The molecule has 1 N–H and O–H groups in total. The van der Waals surface area contributed by atoms with Gasteiger partial charge in [-0.05, 0) is 40.0 Å². The van der Waals surface area contributed by atoms with E-state index in [1.165, 1.54) is 0 Å². The lowest BCUT2D eigenvalue weighted by Gasteiger charge is -2.20. The van der Waals surface area contributed by atoms with Gasteiger partial charge in [0, 0.05) is 25.7 Å². The Bertz CT molecular complexity index is 788. The normalized spacial score (nSPS) is 13.4. The lowest BCUT2D eigenvalue weighted by molar-refractivity contribution is 0.0766. The summed E-state index contributed by atoms with van der Waals surface area (Å²) in [5.74, 6) is 0.706. The molecule has 1 aliphatic rings.